The topological polar surface area (TPSA) is 41.6 Å². The van der Waals surface area contributed by atoms with Gasteiger partial charge in [0.05, 0.1) is 0 Å². The minimum atomic E-state index is 1.40. The van der Waals surface area contributed by atoms with E-state index >= 15 is 0 Å². The van der Waals surface area contributed by atoms with E-state index in [4.69, 9.17) is 5.84 Å². The number of rotatable bonds is 2. The first-order valence-electron chi connectivity index (χ1n) is 1.87. The summed E-state index contributed by atoms with van der Waals surface area (Å²) >= 11 is 0. The molecule has 40 valence electrons. The monoisotopic (exact) mass is 99.1 g/mol. The van der Waals surface area contributed by atoms with Crippen molar-refractivity contribution in [3.05, 3.63) is 12.4 Å². The van der Waals surface area contributed by atoms with Gasteiger partial charge < -0.3 is 5.01 Å². The number of hydrogen-bond acceptors (Lipinski definition) is 3. The van der Waals surface area contributed by atoms with E-state index in [1.54, 1.807) is 13.2 Å². The molecule has 0 aromatic rings. The van der Waals surface area contributed by atoms with Crippen LogP contribution in [0.4, 0.5) is 0 Å². The van der Waals surface area contributed by atoms with Crippen molar-refractivity contribution in [2.45, 2.75) is 0 Å². The van der Waals surface area contributed by atoms with Crippen LogP contribution in [-0.2, 0) is 0 Å². The van der Waals surface area contributed by atoms with Crippen molar-refractivity contribution in [1.29, 1.82) is 0 Å². The van der Waals surface area contributed by atoms with Crippen LogP contribution in [0, 0.1) is 0 Å². The Hall–Kier alpha value is -0.830. The Bertz CT molecular complexity index is 75.0. The van der Waals surface area contributed by atoms with Crippen LogP contribution in [-0.4, -0.2) is 18.8 Å². The maximum Gasteiger partial charge on any atom is 0.0434 e. The van der Waals surface area contributed by atoms with Gasteiger partial charge in [-0.05, 0) is 6.72 Å². The van der Waals surface area contributed by atoms with Gasteiger partial charge in [0.25, 0.3) is 0 Å². The van der Waals surface area contributed by atoms with Crippen LogP contribution in [0.2, 0.25) is 0 Å². The summed E-state index contributed by atoms with van der Waals surface area (Å²) < 4.78 is 0. The van der Waals surface area contributed by atoms with E-state index in [2.05, 4.69) is 11.7 Å². The predicted molar refractivity (Wildman–Crippen MR) is 30.6 cm³/mol. The number of nitrogens with zero attached hydrogens (tertiary/aromatic N) is 2. The van der Waals surface area contributed by atoms with Gasteiger partial charge >= 0.3 is 0 Å². The Balaban J connectivity index is 3.25. The number of hydrogen-bond donors (Lipinski definition) is 1. The lowest BCUT2D eigenvalue weighted by Gasteiger charge is -1.99. The molecule has 0 aliphatic rings. The summed E-state index contributed by atoms with van der Waals surface area (Å²) in [4.78, 5) is 3.42. The molecule has 0 aliphatic heterocycles. The van der Waals surface area contributed by atoms with E-state index in [1.807, 2.05) is 0 Å². The van der Waals surface area contributed by atoms with Crippen molar-refractivity contribution in [3.8, 4) is 0 Å². The van der Waals surface area contributed by atoms with Crippen LogP contribution in [0.3, 0.4) is 0 Å². The van der Waals surface area contributed by atoms with E-state index in [9.17, 15) is 0 Å². The summed E-state index contributed by atoms with van der Waals surface area (Å²) in [6.07, 6.45) is 3.12. The fourth-order valence-electron chi connectivity index (χ4n) is 0.152. The summed E-state index contributed by atoms with van der Waals surface area (Å²) in [6, 6.07) is 0. The summed E-state index contributed by atoms with van der Waals surface area (Å²) in [6.45, 7) is 3.21. The summed E-state index contributed by atoms with van der Waals surface area (Å²) in [7, 11) is 1.71. The molecule has 0 bridgehead atoms. The molecule has 0 amide bonds. The average Bonchev–Trinajstić information content (AvgIpc) is 1.61. The van der Waals surface area contributed by atoms with Crippen LogP contribution >= 0.6 is 0 Å². The first-order valence-corrected chi connectivity index (χ1v) is 1.87. The van der Waals surface area contributed by atoms with Crippen LogP contribution in [0.5, 0.6) is 0 Å². The van der Waals surface area contributed by atoms with Gasteiger partial charge in [0, 0.05) is 19.4 Å². The summed E-state index contributed by atoms with van der Waals surface area (Å²) in [5.41, 5.74) is 0. The molecule has 0 unspecified atom stereocenters. The average molecular weight is 99.1 g/mol. The highest BCUT2D eigenvalue weighted by molar-refractivity contribution is 5.25. The smallest absolute Gasteiger partial charge is 0.0434 e. The van der Waals surface area contributed by atoms with E-state index in [-0.39, 0.29) is 0 Å². The van der Waals surface area contributed by atoms with Gasteiger partial charge in [-0.3, -0.25) is 4.99 Å². The van der Waals surface area contributed by atoms with E-state index < -0.39 is 0 Å². The molecule has 7 heavy (non-hydrogen) atoms. The first kappa shape index (κ1) is 6.17. The third kappa shape index (κ3) is 5.17. The van der Waals surface area contributed by atoms with Gasteiger partial charge in [-0.25, -0.2) is 5.84 Å². The zero-order valence-electron chi connectivity index (χ0n) is 4.33. The molecule has 0 saturated heterocycles. The van der Waals surface area contributed by atoms with Crippen LogP contribution < -0.4 is 5.84 Å². The molecule has 0 aromatic carbocycles. The van der Waals surface area contributed by atoms with Gasteiger partial charge in [0.15, 0.2) is 0 Å². The Kier molecular flexibility index (Phi) is 2.96. The molecule has 0 spiro atoms. The second-order valence-electron chi connectivity index (χ2n) is 1.15. The van der Waals surface area contributed by atoms with Crippen molar-refractivity contribution in [2.75, 3.05) is 7.05 Å². The summed E-state index contributed by atoms with van der Waals surface area (Å²) in [5, 5.41) is 1.40. The van der Waals surface area contributed by atoms with Gasteiger partial charge in [-0.2, -0.15) is 0 Å². The Morgan fingerprint density at radius 2 is 2.43 bits per heavy atom. The van der Waals surface area contributed by atoms with E-state index in [0.717, 1.165) is 0 Å². The molecule has 0 aromatic heterocycles. The van der Waals surface area contributed by atoms with E-state index in [0.29, 0.717) is 0 Å². The molecule has 2 N–H and O–H groups in total. The van der Waals surface area contributed by atoms with E-state index in [1.165, 1.54) is 11.2 Å². The van der Waals surface area contributed by atoms with Gasteiger partial charge in [-0.15, -0.1) is 0 Å². The minimum Gasteiger partial charge on any atom is -0.320 e. The SMILES string of the molecule is C=N/C=C\N(C)N. The second-order valence-corrected chi connectivity index (χ2v) is 1.15. The van der Waals surface area contributed by atoms with Gasteiger partial charge in [0.1, 0.15) is 0 Å². The molecule has 3 heteroatoms. The minimum absolute atomic E-state index is 1.40. The highest BCUT2D eigenvalue weighted by Gasteiger charge is 1.68. The van der Waals surface area contributed by atoms with Crippen molar-refractivity contribution in [1.82, 2.24) is 5.01 Å². The molecule has 0 fully saturated rings. The predicted octanol–water partition coefficient (Wildman–Crippen LogP) is -0.0363. The molecule has 0 radical (unpaired) electrons. The number of hydrazine groups is 1. The molecular weight excluding hydrogens is 90.1 g/mol. The summed E-state index contributed by atoms with van der Waals surface area (Å²) in [5.74, 6) is 5.14. The Morgan fingerprint density at radius 1 is 1.86 bits per heavy atom. The standard InChI is InChI=1S/C4H9N3/c1-6-3-4-7(2)5/h3-4H,1,5H2,2H3/b4-3-. The Morgan fingerprint density at radius 3 is 2.57 bits per heavy atom. The molecule has 0 atom stereocenters. The third-order valence-corrected chi connectivity index (χ3v) is 0.407. The molecule has 0 rings (SSSR count). The highest BCUT2D eigenvalue weighted by atomic mass is 15.4. The molecular formula is C4H9N3. The lowest BCUT2D eigenvalue weighted by Crippen LogP contribution is -2.17. The van der Waals surface area contributed by atoms with Crippen LogP contribution in [0.15, 0.2) is 17.4 Å². The zero-order chi connectivity index (χ0) is 5.70. The fourth-order valence-corrected chi connectivity index (χ4v) is 0.152. The lowest BCUT2D eigenvalue weighted by atomic mass is 10.9. The Labute approximate surface area is 43.1 Å². The number of aliphatic imine (C=N–C) groups is 1. The van der Waals surface area contributed by atoms with Crippen molar-refractivity contribution in [2.24, 2.45) is 10.8 Å². The molecule has 0 aliphatic carbocycles. The normalized spacial score (nSPS) is 9.43. The van der Waals surface area contributed by atoms with Gasteiger partial charge in [0.2, 0.25) is 0 Å². The lowest BCUT2D eigenvalue weighted by molar-refractivity contribution is 0.484. The van der Waals surface area contributed by atoms with Crippen molar-refractivity contribution < 1.29 is 0 Å². The molecule has 0 saturated carbocycles. The quantitative estimate of drug-likeness (QED) is 0.300. The molecule has 0 heterocycles. The fraction of sp³-hybridized carbons (Fsp3) is 0.250. The second kappa shape index (κ2) is 3.36. The van der Waals surface area contributed by atoms with Crippen molar-refractivity contribution >= 4 is 6.72 Å². The number of nitrogens with two attached hydrogens (primary N) is 1. The zero-order valence-corrected chi connectivity index (χ0v) is 4.33. The first-order chi connectivity index (χ1) is 3.27. The van der Waals surface area contributed by atoms with Crippen molar-refractivity contribution in [3.63, 3.8) is 0 Å². The van der Waals surface area contributed by atoms with Crippen LogP contribution in [0.1, 0.15) is 0 Å². The maximum absolute atomic E-state index is 5.14. The third-order valence-electron chi connectivity index (χ3n) is 0.407. The largest absolute Gasteiger partial charge is 0.320 e. The van der Waals surface area contributed by atoms with Crippen LogP contribution in [0.25, 0.3) is 0 Å². The highest BCUT2D eigenvalue weighted by Crippen LogP contribution is 1.70. The van der Waals surface area contributed by atoms with Gasteiger partial charge in [-0.1, -0.05) is 0 Å². The molecule has 3 nitrogen and oxygen atoms in total. The maximum atomic E-state index is 5.14.